The van der Waals surface area contributed by atoms with Crippen LogP contribution < -0.4 is 10.5 Å². The molecule has 0 radical (unpaired) electrons. The number of benzene rings is 1. The highest BCUT2D eigenvalue weighted by Crippen LogP contribution is 2.43. The molecule has 0 spiro atoms. The van der Waals surface area contributed by atoms with Gasteiger partial charge in [0.1, 0.15) is 5.82 Å². The van der Waals surface area contributed by atoms with Gasteiger partial charge in [-0.15, -0.1) is 0 Å². The van der Waals surface area contributed by atoms with E-state index in [-0.39, 0.29) is 35.1 Å². The van der Waals surface area contributed by atoms with Gasteiger partial charge in [0.25, 0.3) is 5.56 Å². The Morgan fingerprint density at radius 3 is 2.24 bits per heavy atom. The van der Waals surface area contributed by atoms with Crippen LogP contribution >= 0.6 is 23.2 Å². The molecule has 37 heavy (non-hydrogen) atoms. The molecule has 2 aliphatic rings. The molecule has 3 aromatic rings. The Kier molecular flexibility index (Phi) is 7.00. The van der Waals surface area contributed by atoms with Crippen LogP contribution in [0.25, 0.3) is 0 Å². The third kappa shape index (κ3) is 4.85. The predicted molar refractivity (Wildman–Crippen MR) is 143 cm³/mol. The van der Waals surface area contributed by atoms with E-state index in [0.29, 0.717) is 42.0 Å². The summed E-state index contributed by atoms with van der Waals surface area (Å²) in [4.78, 5) is 33.9. The number of nitrogens with one attached hydrogen (secondary N) is 1. The number of H-pyrrole nitrogens is 1. The van der Waals surface area contributed by atoms with Crippen molar-refractivity contribution in [1.29, 1.82) is 0 Å². The molecule has 2 aliphatic heterocycles. The van der Waals surface area contributed by atoms with Gasteiger partial charge in [-0.05, 0) is 35.9 Å². The zero-order valence-corrected chi connectivity index (χ0v) is 22.2. The monoisotopic (exact) mass is 541 g/mol. The lowest BCUT2D eigenvalue weighted by molar-refractivity contribution is -0.152. The van der Waals surface area contributed by atoms with Gasteiger partial charge in [0.2, 0.25) is 5.91 Å². The normalized spacial score (nSPS) is 27.9. The van der Waals surface area contributed by atoms with E-state index in [0.717, 1.165) is 11.3 Å². The van der Waals surface area contributed by atoms with Crippen LogP contribution in [-0.4, -0.2) is 57.3 Å². The standard InChI is InChI=1S/C27H29Cl2N5O3/c1-16-12-34(13-17(2)27(16,37)18-3-5-19(28)6-4-18)26(36)22-15-33(24-9-10-25(35)32-31-24)14-21(22)23-8-7-20(29)11-30-23/h3-11,16-17,21-22,37H,12-15H2,1-2H3,(H,32,35)/t16-,17+,21-,22-,27?/m1/s1. The lowest BCUT2D eigenvalue weighted by Gasteiger charge is -2.48. The van der Waals surface area contributed by atoms with Crippen LogP contribution in [0.2, 0.25) is 10.0 Å². The fraction of sp³-hybridized carbons (Fsp3) is 0.407. The van der Waals surface area contributed by atoms with Crippen LogP contribution in [0.1, 0.15) is 31.0 Å². The van der Waals surface area contributed by atoms with Crippen molar-refractivity contribution < 1.29 is 9.90 Å². The number of aromatic amines is 1. The van der Waals surface area contributed by atoms with Crippen molar-refractivity contribution in [2.24, 2.45) is 17.8 Å². The second-order valence-electron chi connectivity index (χ2n) is 10.2. The van der Waals surface area contributed by atoms with Crippen molar-refractivity contribution in [2.45, 2.75) is 25.4 Å². The van der Waals surface area contributed by atoms with Gasteiger partial charge >= 0.3 is 0 Å². The van der Waals surface area contributed by atoms with Gasteiger partial charge in [-0.3, -0.25) is 14.6 Å². The molecule has 5 rings (SSSR count). The van der Waals surface area contributed by atoms with Crippen LogP contribution in [0.5, 0.6) is 0 Å². The van der Waals surface area contributed by atoms with Crippen molar-refractivity contribution in [2.75, 3.05) is 31.1 Å². The Balaban J connectivity index is 1.41. The maximum atomic E-state index is 14.0. The molecule has 5 atom stereocenters. The van der Waals surface area contributed by atoms with Crippen LogP contribution in [0.15, 0.2) is 59.5 Å². The number of rotatable bonds is 4. The first-order valence-electron chi connectivity index (χ1n) is 12.4. The number of hydrogen-bond donors (Lipinski definition) is 2. The number of hydrogen-bond acceptors (Lipinski definition) is 6. The Bertz CT molecular complexity index is 1300. The largest absolute Gasteiger partial charge is 0.384 e. The summed E-state index contributed by atoms with van der Waals surface area (Å²) >= 11 is 12.1. The lowest BCUT2D eigenvalue weighted by Crippen LogP contribution is -2.57. The lowest BCUT2D eigenvalue weighted by atomic mass is 9.70. The highest BCUT2D eigenvalue weighted by molar-refractivity contribution is 6.30. The topological polar surface area (TPSA) is 102 Å². The van der Waals surface area contributed by atoms with E-state index in [1.807, 2.05) is 41.8 Å². The maximum Gasteiger partial charge on any atom is 0.264 e. The molecule has 1 unspecified atom stereocenters. The predicted octanol–water partition coefficient (Wildman–Crippen LogP) is 3.69. The molecule has 2 N–H and O–H groups in total. The first kappa shape index (κ1) is 25.7. The molecule has 1 aromatic carbocycles. The Morgan fingerprint density at radius 2 is 1.65 bits per heavy atom. The van der Waals surface area contributed by atoms with Crippen molar-refractivity contribution in [1.82, 2.24) is 20.1 Å². The minimum atomic E-state index is -1.07. The van der Waals surface area contributed by atoms with E-state index in [1.165, 1.54) is 6.07 Å². The highest BCUT2D eigenvalue weighted by atomic mass is 35.5. The SMILES string of the molecule is C[C@@H]1CN(C(=O)[C@@H]2CN(c3ccc(=O)[nH]n3)C[C@H]2c2ccc(Cl)cn2)C[C@H](C)C1(O)c1ccc(Cl)cc1. The molecule has 2 fully saturated rings. The number of halogens is 2. The van der Waals surface area contributed by atoms with Gasteiger partial charge in [0, 0.05) is 66.9 Å². The summed E-state index contributed by atoms with van der Waals surface area (Å²) in [6.45, 7) is 5.78. The van der Waals surface area contributed by atoms with Gasteiger partial charge in [-0.25, -0.2) is 5.10 Å². The number of carbonyl (C=O) groups is 1. The molecule has 2 aromatic heterocycles. The number of aliphatic hydroxyl groups is 1. The maximum absolute atomic E-state index is 14.0. The second kappa shape index (κ2) is 10.1. The third-order valence-corrected chi connectivity index (χ3v) is 8.34. The minimum absolute atomic E-state index is 0.0190. The first-order chi connectivity index (χ1) is 17.7. The van der Waals surface area contributed by atoms with Crippen molar-refractivity contribution in [3.05, 3.63) is 86.4 Å². The molecule has 1 amide bonds. The third-order valence-electron chi connectivity index (χ3n) is 7.87. The first-order valence-corrected chi connectivity index (χ1v) is 13.1. The Hall–Kier alpha value is -2.94. The average molecular weight is 542 g/mol. The molecule has 0 aliphatic carbocycles. The van der Waals surface area contributed by atoms with E-state index in [2.05, 4.69) is 15.2 Å². The summed E-state index contributed by atoms with van der Waals surface area (Å²) in [5.41, 5.74) is 0.241. The summed E-state index contributed by atoms with van der Waals surface area (Å²) in [7, 11) is 0. The van der Waals surface area contributed by atoms with Gasteiger partial charge in [-0.1, -0.05) is 49.2 Å². The zero-order chi connectivity index (χ0) is 26.3. The number of piperidine rings is 1. The molecule has 8 nitrogen and oxygen atoms in total. The fourth-order valence-electron chi connectivity index (χ4n) is 5.86. The number of carbonyl (C=O) groups excluding carboxylic acids is 1. The van der Waals surface area contributed by atoms with E-state index < -0.39 is 5.60 Å². The summed E-state index contributed by atoms with van der Waals surface area (Å²) in [5.74, 6) is -0.305. The molecule has 0 bridgehead atoms. The molecular weight excluding hydrogens is 513 g/mol. The summed E-state index contributed by atoms with van der Waals surface area (Å²) in [6.07, 6.45) is 1.59. The molecule has 0 saturated carbocycles. The van der Waals surface area contributed by atoms with Crippen LogP contribution in [0.3, 0.4) is 0 Å². The number of pyridine rings is 1. The summed E-state index contributed by atoms with van der Waals surface area (Å²) in [6, 6.07) is 14.0. The summed E-state index contributed by atoms with van der Waals surface area (Å²) < 4.78 is 0. The van der Waals surface area contributed by atoms with Crippen molar-refractivity contribution in [3.63, 3.8) is 0 Å². The van der Waals surface area contributed by atoms with Crippen LogP contribution in [-0.2, 0) is 10.4 Å². The van der Waals surface area contributed by atoms with Gasteiger partial charge in [0.15, 0.2) is 0 Å². The van der Waals surface area contributed by atoms with Crippen LogP contribution in [0.4, 0.5) is 5.82 Å². The molecule has 194 valence electrons. The van der Waals surface area contributed by atoms with Gasteiger partial charge in [-0.2, -0.15) is 5.10 Å². The smallest absolute Gasteiger partial charge is 0.264 e. The molecule has 2 saturated heterocycles. The molecular formula is C27H29Cl2N5O3. The fourth-order valence-corrected chi connectivity index (χ4v) is 6.10. The number of nitrogens with zero attached hydrogens (tertiary/aromatic N) is 4. The zero-order valence-electron chi connectivity index (χ0n) is 20.6. The second-order valence-corrected chi connectivity index (χ2v) is 11.0. The van der Waals surface area contributed by atoms with Gasteiger partial charge in [0.05, 0.1) is 16.5 Å². The number of amides is 1. The number of aromatic nitrogens is 3. The Labute approximate surface area is 225 Å². The number of likely N-dealkylation sites (tertiary alicyclic amines) is 1. The van der Waals surface area contributed by atoms with E-state index in [4.69, 9.17) is 23.2 Å². The average Bonchev–Trinajstić information content (AvgIpc) is 3.33. The van der Waals surface area contributed by atoms with E-state index in [1.54, 1.807) is 30.5 Å². The van der Waals surface area contributed by atoms with E-state index >= 15 is 0 Å². The highest BCUT2D eigenvalue weighted by Gasteiger charge is 2.49. The molecule has 4 heterocycles. The van der Waals surface area contributed by atoms with E-state index in [9.17, 15) is 14.7 Å². The van der Waals surface area contributed by atoms with Crippen molar-refractivity contribution in [3.8, 4) is 0 Å². The van der Waals surface area contributed by atoms with Crippen molar-refractivity contribution >= 4 is 34.9 Å². The minimum Gasteiger partial charge on any atom is -0.384 e. The quantitative estimate of drug-likeness (QED) is 0.522. The number of anilines is 1. The Morgan fingerprint density at radius 1 is 0.973 bits per heavy atom. The molecule has 10 heteroatoms. The summed E-state index contributed by atoms with van der Waals surface area (Å²) in [5, 5.41) is 19.5. The van der Waals surface area contributed by atoms with Crippen LogP contribution in [0, 0.1) is 17.8 Å². The van der Waals surface area contributed by atoms with Gasteiger partial charge < -0.3 is 14.9 Å².